The number of hydrogen-bond acceptors (Lipinski definition) is 2. The van der Waals surface area contributed by atoms with Crippen LogP contribution in [0.4, 0.5) is 0 Å². The summed E-state index contributed by atoms with van der Waals surface area (Å²) in [6, 6.07) is 10.1. The number of primary amides is 1. The van der Waals surface area contributed by atoms with E-state index >= 15 is 0 Å². The van der Waals surface area contributed by atoms with Crippen LogP contribution in [0.1, 0.15) is 20.7 Å². The lowest BCUT2D eigenvalue weighted by atomic mass is 10.0. The number of fused-ring (bicyclic) bond motifs is 3. The fourth-order valence-electron chi connectivity index (χ4n) is 2.34. The zero-order chi connectivity index (χ0) is 13.6. The maximum absolute atomic E-state index is 11.4. The van der Waals surface area contributed by atoms with E-state index in [9.17, 15) is 14.7 Å². The number of carbonyl (C=O) groups excluding carboxylic acids is 1. The molecule has 0 saturated heterocycles. The van der Waals surface area contributed by atoms with Crippen molar-refractivity contribution in [3.63, 3.8) is 0 Å². The number of hydrogen-bond donors (Lipinski definition) is 3. The Bertz CT molecular complexity index is 833. The van der Waals surface area contributed by atoms with Crippen molar-refractivity contribution in [3.05, 3.63) is 47.5 Å². The lowest BCUT2D eigenvalue weighted by molar-refractivity contribution is 0.0698. The molecule has 1 amide bonds. The smallest absolute Gasteiger partial charge is 0.336 e. The van der Waals surface area contributed by atoms with Crippen LogP contribution < -0.4 is 5.73 Å². The number of carbonyl (C=O) groups is 2. The van der Waals surface area contributed by atoms with E-state index in [2.05, 4.69) is 4.98 Å². The van der Waals surface area contributed by atoms with E-state index < -0.39 is 11.9 Å². The van der Waals surface area contributed by atoms with E-state index in [1.165, 1.54) is 12.1 Å². The highest BCUT2D eigenvalue weighted by atomic mass is 16.4. The minimum absolute atomic E-state index is 0.150. The fraction of sp³-hybridized carbons (Fsp3) is 0. The predicted octanol–water partition coefficient (Wildman–Crippen LogP) is 2.12. The van der Waals surface area contributed by atoms with Crippen LogP contribution in [0.3, 0.4) is 0 Å². The summed E-state index contributed by atoms with van der Waals surface area (Å²) >= 11 is 0. The Morgan fingerprint density at radius 2 is 1.74 bits per heavy atom. The van der Waals surface area contributed by atoms with E-state index in [0.717, 1.165) is 10.9 Å². The molecule has 0 bridgehead atoms. The third-order valence-corrected chi connectivity index (χ3v) is 3.16. The molecule has 0 fully saturated rings. The Kier molecular flexibility index (Phi) is 2.28. The molecule has 5 heteroatoms. The maximum Gasteiger partial charge on any atom is 0.336 e. The maximum atomic E-state index is 11.4. The summed E-state index contributed by atoms with van der Waals surface area (Å²) in [6.07, 6.45) is 0. The van der Waals surface area contributed by atoms with Crippen molar-refractivity contribution >= 4 is 33.7 Å². The predicted molar refractivity (Wildman–Crippen MR) is 71.3 cm³/mol. The van der Waals surface area contributed by atoms with Crippen LogP contribution in [-0.4, -0.2) is 22.0 Å². The zero-order valence-electron chi connectivity index (χ0n) is 9.81. The van der Waals surface area contributed by atoms with Crippen molar-refractivity contribution in [2.75, 3.05) is 0 Å². The number of aromatic nitrogens is 1. The van der Waals surface area contributed by atoms with Gasteiger partial charge in [-0.15, -0.1) is 0 Å². The van der Waals surface area contributed by atoms with Crippen molar-refractivity contribution in [2.45, 2.75) is 0 Å². The Hall–Kier alpha value is -2.82. The SMILES string of the molecule is NC(=O)c1ccc(C(=O)O)c2c1[nH]c1ccccc12. The molecule has 1 heterocycles. The molecule has 19 heavy (non-hydrogen) atoms. The molecule has 4 N–H and O–H groups in total. The van der Waals surface area contributed by atoms with Crippen molar-refractivity contribution in [3.8, 4) is 0 Å². The third-order valence-electron chi connectivity index (χ3n) is 3.16. The first-order valence-electron chi connectivity index (χ1n) is 5.66. The number of nitrogens with one attached hydrogen (secondary N) is 1. The molecule has 94 valence electrons. The van der Waals surface area contributed by atoms with Gasteiger partial charge >= 0.3 is 5.97 Å². The summed E-state index contributed by atoms with van der Waals surface area (Å²) in [5.41, 5.74) is 7.00. The second-order valence-corrected chi connectivity index (χ2v) is 4.25. The number of nitrogens with two attached hydrogens (primary N) is 1. The average molecular weight is 254 g/mol. The van der Waals surface area contributed by atoms with Crippen LogP contribution in [0, 0.1) is 0 Å². The van der Waals surface area contributed by atoms with Gasteiger partial charge in [0.15, 0.2) is 0 Å². The number of amides is 1. The molecule has 1 aromatic heterocycles. The van der Waals surface area contributed by atoms with Gasteiger partial charge in [-0.1, -0.05) is 18.2 Å². The minimum atomic E-state index is -1.04. The van der Waals surface area contributed by atoms with Crippen molar-refractivity contribution in [2.24, 2.45) is 5.73 Å². The van der Waals surface area contributed by atoms with Gasteiger partial charge in [0.1, 0.15) is 0 Å². The Balaban J connectivity index is 2.58. The van der Waals surface area contributed by atoms with Crippen molar-refractivity contribution in [1.29, 1.82) is 0 Å². The summed E-state index contributed by atoms with van der Waals surface area (Å²) < 4.78 is 0. The van der Waals surface area contributed by atoms with Gasteiger partial charge in [0.05, 0.1) is 16.6 Å². The minimum Gasteiger partial charge on any atom is -0.478 e. The fourth-order valence-corrected chi connectivity index (χ4v) is 2.34. The van der Waals surface area contributed by atoms with Gasteiger partial charge in [0, 0.05) is 16.3 Å². The standard InChI is InChI=1S/C14H10N2O3/c15-13(17)9-6-5-8(14(18)19)11-7-3-1-2-4-10(7)16-12(9)11/h1-6,16H,(H2,15,17)(H,18,19). The molecular formula is C14H10N2O3. The van der Waals surface area contributed by atoms with E-state index in [1.54, 1.807) is 0 Å². The topological polar surface area (TPSA) is 96.2 Å². The van der Waals surface area contributed by atoms with Gasteiger partial charge in [-0.2, -0.15) is 0 Å². The molecule has 0 aliphatic rings. The van der Waals surface area contributed by atoms with E-state index in [0.29, 0.717) is 10.9 Å². The van der Waals surface area contributed by atoms with Gasteiger partial charge in [-0.05, 0) is 18.2 Å². The number of benzene rings is 2. The molecule has 5 nitrogen and oxygen atoms in total. The molecule has 0 unspecified atom stereocenters. The van der Waals surface area contributed by atoms with E-state index in [-0.39, 0.29) is 11.1 Å². The van der Waals surface area contributed by atoms with Crippen molar-refractivity contribution in [1.82, 2.24) is 4.98 Å². The number of aromatic amines is 1. The normalized spacial score (nSPS) is 10.9. The molecule has 3 aromatic rings. The molecule has 0 saturated carbocycles. The summed E-state index contributed by atoms with van der Waals surface area (Å²) in [7, 11) is 0. The van der Waals surface area contributed by atoms with Gasteiger partial charge < -0.3 is 15.8 Å². The highest BCUT2D eigenvalue weighted by molar-refractivity contribution is 6.20. The number of carboxylic acids is 1. The number of rotatable bonds is 2. The number of aromatic carboxylic acids is 1. The van der Waals surface area contributed by atoms with E-state index in [4.69, 9.17) is 5.73 Å². The molecule has 0 aliphatic carbocycles. The monoisotopic (exact) mass is 254 g/mol. The first-order valence-corrected chi connectivity index (χ1v) is 5.66. The molecule has 0 atom stereocenters. The molecule has 0 spiro atoms. The lowest BCUT2D eigenvalue weighted by Gasteiger charge is -2.02. The third kappa shape index (κ3) is 1.55. The Morgan fingerprint density at radius 1 is 1.05 bits per heavy atom. The van der Waals surface area contributed by atoms with Crippen LogP contribution >= 0.6 is 0 Å². The summed E-state index contributed by atoms with van der Waals surface area (Å²) in [4.78, 5) is 25.8. The van der Waals surface area contributed by atoms with Crippen LogP contribution in [0.15, 0.2) is 36.4 Å². The second-order valence-electron chi connectivity index (χ2n) is 4.25. The van der Waals surface area contributed by atoms with Crippen LogP contribution in [0.5, 0.6) is 0 Å². The largest absolute Gasteiger partial charge is 0.478 e. The van der Waals surface area contributed by atoms with Crippen molar-refractivity contribution < 1.29 is 14.7 Å². The first-order chi connectivity index (χ1) is 9.09. The number of H-pyrrole nitrogens is 1. The lowest BCUT2D eigenvalue weighted by Crippen LogP contribution is -2.12. The Labute approximate surface area is 107 Å². The molecule has 2 aromatic carbocycles. The summed E-state index contributed by atoms with van der Waals surface area (Å²) in [5.74, 6) is -1.63. The highest BCUT2D eigenvalue weighted by Gasteiger charge is 2.18. The quantitative estimate of drug-likeness (QED) is 0.653. The van der Waals surface area contributed by atoms with Gasteiger partial charge in [0.25, 0.3) is 5.91 Å². The van der Waals surface area contributed by atoms with Gasteiger partial charge in [-0.25, -0.2) is 4.79 Å². The zero-order valence-corrected chi connectivity index (χ0v) is 9.81. The molecule has 0 radical (unpaired) electrons. The molecular weight excluding hydrogens is 244 g/mol. The van der Waals surface area contributed by atoms with Crippen LogP contribution in [-0.2, 0) is 0 Å². The van der Waals surface area contributed by atoms with Crippen LogP contribution in [0.2, 0.25) is 0 Å². The second kappa shape index (κ2) is 3.84. The molecule has 3 rings (SSSR count). The molecule has 0 aliphatic heterocycles. The summed E-state index contributed by atoms with van der Waals surface area (Å²) in [6.45, 7) is 0. The van der Waals surface area contributed by atoms with E-state index in [1.807, 2.05) is 24.3 Å². The number of carboxylic acid groups (broad SMARTS) is 1. The van der Waals surface area contributed by atoms with Gasteiger partial charge in [0.2, 0.25) is 0 Å². The number of para-hydroxylation sites is 1. The highest BCUT2D eigenvalue weighted by Crippen LogP contribution is 2.30. The first kappa shape index (κ1) is 11.3. The summed E-state index contributed by atoms with van der Waals surface area (Å²) in [5, 5.41) is 10.5. The van der Waals surface area contributed by atoms with Gasteiger partial charge in [-0.3, -0.25) is 4.79 Å². The average Bonchev–Trinajstić information content (AvgIpc) is 2.76. The Morgan fingerprint density at radius 3 is 2.42 bits per heavy atom. The van der Waals surface area contributed by atoms with Crippen LogP contribution in [0.25, 0.3) is 21.8 Å².